The van der Waals surface area contributed by atoms with Gasteiger partial charge in [0.25, 0.3) is 0 Å². The summed E-state index contributed by atoms with van der Waals surface area (Å²) < 4.78 is 37.7. The van der Waals surface area contributed by atoms with Crippen molar-refractivity contribution >= 4 is 0 Å². The van der Waals surface area contributed by atoms with E-state index < -0.39 is 12.1 Å². The van der Waals surface area contributed by atoms with Gasteiger partial charge in [0, 0.05) is 12.5 Å². The summed E-state index contributed by atoms with van der Waals surface area (Å²) in [6, 6.07) is -0.196. The van der Waals surface area contributed by atoms with Crippen molar-refractivity contribution in [2.24, 2.45) is 24.6 Å². The lowest BCUT2D eigenvalue weighted by Crippen LogP contribution is -2.37. The molecular weight excluding hydrogens is 259 g/mol. The number of hydrogen-bond donors (Lipinski definition) is 1. The second-order valence-electron chi connectivity index (χ2n) is 5.22. The predicted octanol–water partition coefficient (Wildman–Crippen LogP) is 1.45. The van der Waals surface area contributed by atoms with Crippen LogP contribution in [0.15, 0.2) is 0 Å². The molecule has 1 aliphatic carbocycles. The lowest BCUT2D eigenvalue weighted by Gasteiger charge is -2.32. The van der Waals surface area contributed by atoms with Gasteiger partial charge in [-0.25, -0.2) is 0 Å². The molecule has 1 fully saturated rings. The normalized spacial score (nSPS) is 26.4. The molecule has 1 aliphatic rings. The van der Waals surface area contributed by atoms with Gasteiger partial charge in [0.2, 0.25) is 0 Å². The molecule has 1 aromatic rings. The second-order valence-corrected chi connectivity index (χ2v) is 5.22. The molecule has 19 heavy (non-hydrogen) atoms. The quantitative estimate of drug-likeness (QED) is 0.907. The van der Waals surface area contributed by atoms with Crippen LogP contribution in [-0.4, -0.2) is 32.4 Å². The molecule has 0 radical (unpaired) electrons. The molecule has 8 heteroatoms. The van der Waals surface area contributed by atoms with Gasteiger partial charge in [-0.2, -0.15) is 18.0 Å². The summed E-state index contributed by atoms with van der Waals surface area (Å²) in [7, 11) is 1.66. The fourth-order valence-corrected chi connectivity index (χ4v) is 2.66. The molecule has 0 aliphatic heterocycles. The van der Waals surface area contributed by atoms with Crippen molar-refractivity contribution in [1.29, 1.82) is 0 Å². The summed E-state index contributed by atoms with van der Waals surface area (Å²) in [5.74, 6) is -0.499. The van der Waals surface area contributed by atoms with E-state index in [2.05, 4.69) is 15.4 Å². The SMILES string of the molecule is Cn1nnc(CC(N)C2CCC(C(F)(F)F)CC2)n1. The third kappa shape index (κ3) is 3.65. The summed E-state index contributed by atoms with van der Waals surface area (Å²) in [5.41, 5.74) is 6.05. The third-order valence-corrected chi connectivity index (χ3v) is 3.81. The summed E-state index contributed by atoms with van der Waals surface area (Å²) in [5, 5.41) is 11.6. The van der Waals surface area contributed by atoms with Crippen molar-refractivity contribution in [3.8, 4) is 0 Å². The Kier molecular flexibility index (Phi) is 4.07. The van der Waals surface area contributed by atoms with Gasteiger partial charge < -0.3 is 5.73 Å². The molecule has 0 saturated heterocycles. The Bertz CT molecular complexity index is 409. The van der Waals surface area contributed by atoms with E-state index in [-0.39, 0.29) is 24.8 Å². The lowest BCUT2D eigenvalue weighted by atomic mass is 9.77. The zero-order chi connectivity index (χ0) is 14.0. The molecule has 1 unspecified atom stereocenters. The summed E-state index contributed by atoms with van der Waals surface area (Å²) >= 11 is 0. The number of aryl methyl sites for hydroxylation is 1. The Morgan fingerprint density at radius 2 is 1.95 bits per heavy atom. The summed E-state index contributed by atoms with van der Waals surface area (Å²) in [6.45, 7) is 0. The molecular formula is C11H18F3N5. The van der Waals surface area contributed by atoms with Crippen molar-refractivity contribution in [3.63, 3.8) is 0 Å². The number of tetrazole rings is 1. The van der Waals surface area contributed by atoms with Gasteiger partial charge in [0.05, 0.1) is 13.0 Å². The number of rotatable bonds is 3. The molecule has 2 rings (SSSR count). The highest BCUT2D eigenvalue weighted by Gasteiger charge is 2.42. The van der Waals surface area contributed by atoms with Crippen LogP contribution in [0.5, 0.6) is 0 Å². The maximum atomic E-state index is 12.6. The highest BCUT2D eigenvalue weighted by Crippen LogP contribution is 2.40. The molecule has 0 amide bonds. The highest BCUT2D eigenvalue weighted by molar-refractivity contribution is 4.89. The Balaban J connectivity index is 1.84. The smallest absolute Gasteiger partial charge is 0.327 e. The molecule has 108 valence electrons. The number of alkyl halides is 3. The minimum atomic E-state index is -4.07. The number of nitrogens with two attached hydrogens (primary N) is 1. The van der Waals surface area contributed by atoms with Gasteiger partial charge in [0.1, 0.15) is 0 Å². The topological polar surface area (TPSA) is 69.6 Å². The molecule has 1 saturated carbocycles. The minimum absolute atomic E-state index is 0.113. The fourth-order valence-electron chi connectivity index (χ4n) is 2.66. The van der Waals surface area contributed by atoms with Crippen molar-refractivity contribution in [3.05, 3.63) is 5.82 Å². The maximum Gasteiger partial charge on any atom is 0.391 e. The van der Waals surface area contributed by atoms with E-state index in [1.54, 1.807) is 7.05 Å². The van der Waals surface area contributed by atoms with E-state index in [1.807, 2.05) is 0 Å². The molecule has 1 heterocycles. The first-order chi connectivity index (χ1) is 8.86. The van der Waals surface area contributed by atoms with Gasteiger partial charge in [-0.3, -0.25) is 0 Å². The van der Waals surface area contributed by atoms with Crippen LogP contribution in [0.25, 0.3) is 0 Å². The molecule has 0 spiro atoms. The van der Waals surface area contributed by atoms with E-state index in [1.165, 1.54) is 4.80 Å². The molecule has 2 N–H and O–H groups in total. The maximum absolute atomic E-state index is 12.6. The van der Waals surface area contributed by atoms with E-state index in [9.17, 15) is 13.2 Å². The van der Waals surface area contributed by atoms with E-state index in [0.29, 0.717) is 25.1 Å². The first-order valence-electron chi connectivity index (χ1n) is 6.41. The van der Waals surface area contributed by atoms with Crippen LogP contribution in [0.1, 0.15) is 31.5 Å². The molecule has 1 aromatic heterocycles. The summed E-state index contributed by atoms with van der Waals surface area (Å²) in [4.78, 5) is 1.35. The van der Waals surface area contributed by atoms with Crippen LogP contribution >= 0.6 is 0 Å². The minimum Gasteiger partial charge on any atom is -0.327 e. The zero-order valence-corrected chi connectivity index (χ0v) is 10.8. The fraction of sp³-hybridized carbons (Fsp3) is 0.909. The van der Waals surface area contributed by atoms with Crippen LogP contribution < -0.4 is 5.73 Å². The van der Waals surface area contributed by atoms with Gasteiger partial charge in [-0.1, -0.05) is 0 Å². The zero-order valence-electron chi connectivity index (χ0n) is 10.8. The Labute approximate surface area is 109 Å². The van der Waals surface area contributed by atoms with E-state index in [0.717, 1.165) is 0 Å². The Morgan fingerprint density at radius 3 is 2.42 bits per heavy atom. The van der Waals surface area contributed by atoms with E-state index in [4.69, 9.17) is 5.73 Å². The van der Waals surface area contributed by atoms with Crippen molar-refractivity contribution < 1.29 is 13.2 Å². The Hall–Kier alpha value is -1.18. The van der Waals surface area contributed by atoms with Gasteiger partial charge in [0.15, 0.2) is 5.82 Å². The Morgan fingerprint density at radius 1 is 1.32 bits per heavy atom. The standard InChI is InChI=1S/C11H18F3N5/c1-19-17-10(16-18-19)6-9(15)7-2-4-8(5-3-7)11(12,13)14/h7-9H,2-6,15H2,1H3. The number of nitrogens with zero attached hydrogens (tertiary/aromatic N) is 4. The van der Waals surface area contributed by atoms with Crippen molar-refractivity contribution in [1.82, 2.24) is 20.2 Å². The number of halogens is 3. The monoisotopic (exact) mass is 277 g/mol. The van der Waals surface area contributed by atoms with Gasteiger partial charge in [-0.15, -0.1) is 10.2 Å². The van der Waals surface area contributed by atoms with Crippen LogP contribution in [0.3, 0.4) is 0 Å². The average Bonchev–Trinajstić information content (AvgIpc) is 2.74. The molecule has 1 atom stereocenters. The summed E-state index contributed by atoms with van der Waals surface area (Å²) in [6.07, 6.45) is -2.21. The third-order valence-electron chi connectivity index (χ3n) is 3.81. The van der Waals surface area contributed by atoms with Gasteiger partial charge >= 0.3 is 6.18 Å². The highest BCUT2D eigenvalue weighted by atomic mass is 19.4. The van der Waals surface area contributed by atoms with Crippen molar-refractivity contribution in [2.45, 2.75) is 44.3 Å². The largest absolute Gasteiger partial charge is 0.391 e. The van der Waals surface area contributed by atoms with E-state index >= 15 is 0 Å². The molecule has 5 nitrogen and oxygen atoms in total. The predicted molar refractivity (Wildman–Crippen MR) is 62.0 cm³/mol. The van der Waals surface area contributed by atoms with Crippen LogP contribution in [0.4, 0.5) is 13.2 Å². The number of aromatic nitrogens is 4. The number of hydrogen-bond acceptors (Lipinski definition) is 4. The second kappa shape index (κ2) is 5.44. The van der Waals surface area contributed by atoms with Crippen LogP contribution in [0.2, 0.25) is 0 Å². The molecule has 0 aromatic carbocycles. The first-order valence-corrected chi connectivity index (χ1v) is 6.41. The average molecular weight is 277 g/mol. The van der Waals surface area contributed by atoms with Crippen LogP contribution in [-0.2, 0) is 13.5 Å². The molecule has 0 bridgehead atoms. The first kappa shape index (κ1) is 14.2. The van der Waals surface area contributed by atoms with Gasteiger partial charge in [-0.05, 0) is 36.8 Å². The van der Waals surface area contributed by atoms with Crippen molar-refractivity contribution in [2.75, 3.05) is 0 Å². The van der Waals surface area contributed by atoms with Crippen LogP contribution in [0, 0.1) is 11.8 Å². The lowest BCUT2D eigenvalue weighted by molar-refractivity contribution is -0.184.